The molecule has 49 heavy (non-hydrogen) atoms. The van der Waals surface area contributed by atoms with Crippen LogP contribution in [0.1, 0.15) is 38.9 Å². The van der Waals surface area contributed by atoms with Crippen LogP contribution in [0.3, 0.4) is 0 Å². The van der Waals surface area contributed by atoms with Gasteiger partial charge in [0.25, 0.3) is 0 Å². The summed E-state index contributed by atoms with van der Waals surface area (Å²) in [7, 11) is -4.04. The molecule has 3 amide bonds. The number of carboxylic acids is 1. The van der Waals surface area contributed by atoms with Gasteiger partial charge in [0.15, 0.2) is 0 Å². The highest BCUT2D eigenvalue weighted by Crippen LogP contribution is 2.14. The predicted molar refractivity (Wildman–Crippen MR) is 183 cm³/mol. The summed E-state index contributed by atoms with van der Waals surface area (Å²) in [6.45, 7) is 0.382. The summed E-state index contributed by atoms with van der Waals surface area (Å²) in [5.41, 5.74) is 4.71. The first-order chi connectivity index (χ1) is 23.5. The zero-order valence-corrected chi connectivity index (χ0v) is 27.5. The fourth-order valence-corrected chi connectivity index (χ4v) is 7.00. The Morgan fingerprint density at radius 3 is 1.71 bits per heavy atom. The van der Waals surface area contributed by atoms with E-state index in [1.165, 1.54) is 0 Å². The molecule has 1 aliphatic heterocycles. The van der Waals surface area contributed by atoms with E-state index >= 15 is 0 Å². The third-order valence-corrected chi connectivity index (χ3v) is 9.37. The molecule has 5 rings (SSSR count). The van der Waals surface area contributed by atoms with Crippen molar-refractivity contribution < 1.29 is 32.7 Å². The van der Waals surface area contributed by atoms with E-state index in [9.17, 15) is 32.7 Å². The summed E-state index contributed by atoms with van der Waals surface area (Å²) in [5.74, 6) is -2.91. The summed E-state index contributed by atoms with van der Waals surface area (Å²) >= 11 is 0. The number of carbonyl (C=O) groups excluding carboxylic acids is 3. The topological polar surface area (TPSA) is 171 Å². The van der Waals surface area contributed by atoms with Crippen LogP contribution < -0.4 is 20.7 Å². The third kappa shape index (κ3) is 10.8. The minimum atomic E-state index is -4.04. The number of hydrogen-bond acceptors (Lipinski definition) is 6. The van der Waals surface area contributed by atoms with Gasteiger partial charge in [-0.3, -0.25) is 14.4 Å². The molecule has 0 saturated carbocycles. The molecule has 11 nitrogen and oxygen atoms in total. The minimum absolute atomic E-state index is 0.0735. The molecule has 0 radical (unpaired) electrons. The highest BCUT2D eigenvalue weighted by Gasteiger charge is 2.29. The van der Waals surface area contributed by atoms with Crippen LogP contribution >= 0.6 is 0 Å². The lowest BCUT2D eigenvalue weighted by Crippen LogP contribution is -2.53. The number of sulfonamides is 1. The number of carbonyl (C=O) groups is 4. The Kier molecular flexibility index (Phi) is 11.6. The van der Waals surface area contributed by atoms with E-state index in [4.69, 9.17) is 0 Å². The first-order valence-electron chi connectivity index (χ1n) is 15.9. The molecule has 1 heterocycles. The Hall–Kier alpha value is -5.33. The van der Waals surface area contributed by atoms with Crippen LogP contribution in [0.25, 0.3) is 0 Å². The van der Waals surface area contributed by atoms with E-state index in [0.717, 1.165) is 22.3 Å². The first-order valence-corrected chi connectivity index (χ1v) is 17.5. The van der Waals surface area contributed by atoms with Crippen LogP contribution in [0.4, 0.5) is 0 Å². The Morgan fingerprint density at radius 2 is 1.16 bits per heavy atom. The van der Waals surface area contributed by atoms with E-state index in [2.05, 4.69) is 20.7 Å². The molecule has 1 aliphatic rings. The average molecular weight is 683 g/mol. The SMILES string of the molecule is O=C1Cc2cccc(c2)CC(=O)NCc2cccc(c2)C[C@@H](NS(=O)(=O)Cc2ccccc2)C(=O)N[C@H](C(=O)O)Cc2cccc(c2)CN1. The number of rotatable bonds is 5. The van der Waals surface area contributed by atoms with Gasteiger partial charge in [-0.05, 0) is 45.4 Å². The van der Waals surface area contributed by atoms with Gasteiger partial charge in [-0.15, -0.1) is 0 Å². The number of carboxylic acid groups (broad SMARTS) is 1. The Balaban J connectivity index is 1.44. The maximum Gasteiger partial charge on any atom is 0.326 e. The molecule has 0 unspecified atom stereocenters. The normalized spacial score (nSPS) is 18.0. The van der Waals surface area contributed by atoms with Gasteiger partial charge >= 0.3 is 5.97 Å². The molecular formula is C37H38N4O7S. The van der Waals surface area contributed by atoms with Crippen molar-refractivity contribution in [3.05, 3.63) is 142 Å². The number of fused-ring (bicyclic) bond motifs is 6. The molecule has 0 aliphatic carbocycles. The molecule has 0 fully saturated rings. The van der Waals surface area contributed by atoms with Crippen molar-refractivity contribution in [3.8, 4) is 0 Å². The van der Waals surface area contributed by atoms with E-state index in [-0.39, 0.29) is 56.3 Å². The highest BCUT2D eigenvalue weighted by molar-refractivity contribution is 7.88. The van der Waals surface area contributed by atoms with Crippen molar-refractivity contribution in [1.82, 2.24) is 20.7 Å². The van der Waals surface area contributed by atoms with Crippen molar-refractivity contribution in [2.45, 2.75) is 56.6 Å². The Labute approximate surface area is 285 Å². The van der Waals surface area contributed by atoms with E-state index in [1.54, 1.807) is 84.9 Å². The lowest BCUT2D eigenvalue weighted by Gasteiger charge is -2.22. The van der Waals surface area contributed by atoms with Crippen LogP contribution in [0.15, 0.2) is 103 Å². The molecule has 4 aromatic rings. The summed E-state index contributed by atoms with van der Waals surface area (Å²) in [6, 6.07) is 27.1. The molecule has 254 valence electrons. The van der Waals surface area contributed by atoms with Crippen molar-refractivity contribution in [1.29, 1.82) is 0 Å². The summed E-state index contributed by atoms with van der Waals surface area (Å²) in [5, 5.41) is 18.4. The van der Waals surface area contributed by atoms with Gasteiger partial charge in [0, 0.05) is 19.5 Å². The van der Waals surface area contributed by atoms with Gasteiger partial charge in [0.05, 0.1) is 18.6 Å². The number of hydrogen-bond donors (Lipinski definition) is 5. The molecular weight excluding hydrogens is 644 g/mol. The van der Waals surface area contributed by atoms with Gasteiger partial charge < -0.3 is 21.1 Å². The molecule has 0 aromatic heterocycles. The van der Waals surface area contributed by atoms with Crippen molar-refractivity contribution >= 4 is 33.7 Å². The molecule has 2 atom stereocenters. The molecule has 4 aromatic carbocycles. The zero-order chi connectivity index (χ0) is 34.8. The Bertz CT molecular complexity index is 1930. The quantitative estimate of drug-likeness (QED) is 0.215. The number of aliphatic carboxylic acids is 1. The summed E-state index contributed by atoms with van der Waals surface area (Å²) in [4.78, 5) is 51.6. The maximum absolute atomic E-state index is 13.7. The van der Waals surface area contributed by atoms with Crippen LogP contribution in [0, 0.1) is 0 Å². The molecule has 0 saturated heterocycles. The van der Waals surface area contributed by atoms with Crippen LogP contribution in [0.5, 0.6) is 0 Å². The second kappa shape index (κ2) is 16.2. The monoisotopic (exact) mass is 682 g/mol. The van der Waals surface area contributed by atoms with Crippen molar-refractivity contribution in [3.63, 3.8) is 0 Å². The molecule has 5 N–H and O–H groups in total. The van der Waals surface area contributed by atoms with Gasteiger partial charge in [-0.2, -0.15) is 0 Å². The number of nitrogens with one attached hydrogen (secondary N) is 4. The largest absolute Gasteiger partial charge is 0.480 e. The van der Waals surface area contributed by atoms with Crippen LogP contribution in [-0.4, -0.2) is 49.3 Å². The fourth-order valence-electron chi connectivity index (χ4n) is 5.66. The predicted octanol–water partition coefficient (Wildman–Crippen LogP) is 2.56. The minimum Gasteiger partial charge on any atom is -0.480 e. The standard InChI is InChI=1S/C37H38N4O7S/c42-34-20-28-11-4-12-29(15-28)21-35(43)39-23-31-14-6-10-27(17-31)19-33(37(45)46)40-36(44)32(18-26-9-5-13-30(16-26)22-38-34)41-49(47,48)24-25-7-2-1-3-8-25/h1-17,32-33,41H,18-24H2,(H,38,42)(H,39,43)(H,40,44)(H,45,46)/t32-,33+/m1/s1. The van der Waals surface area contributed by atoms with Crippen LogP contribution in [-0.2, 0) is 73.7 Å². The Morgan fingerprint density at radius 1 is 0.673 bits per heavy atom. The van der Waals surface area contributed by atoms with Crippen LogP contribution in [0.2, 0.25) is 0 Å². The van der Waals surface area contributed by atoms with Gasteiger partial charge in [0.1, 0.15) is 12.1 Å². The summed E-state index contributed by atoms with van der Waals surface area (Å²) in [6.07, 6.45) is 0.0771. The summed E-state index contributed by atoms with van der Waals surface area (Å²) < 4.78 is 29.0. The van der Waals surface area contributed by atoms with E-state index in [0.29, 0.717) is 16.7 Å². The van der Waals surface area contributed by atoms with E-state index < -0.39 is 34.0 Å². The maximum atomic E-state index is 13.7. The zero-order valence-electron chi connectivity index (χ0n) is 26.7. The molecule has 0 spiro atoms. The molecule has 12 heteroatoms. The second-order valence-electron chi connectivity index (χ2n) is 12.1. The average Bonchev–Trinajstić information content (AvgIpc) is 3.06. The number of benzene rings is 4. The highest BCUT2D eigenvalue weighted by atomic mass is 32.2. The third-order valence-electron chi connectivity index (χ3n) is 8.01. The van der Waals surface area contributed by atoms with Gasteiger partial charge in [-0.1, -0.05) is 103 Å². The fraction of sp³-hybridized carbons (Fsp3) is 0.243. The lowest BCUT2D eigenvalue weighted by molar-refractivity contribution is -0.142. The second-order valence-corrected chi connectivity index (χ2v) is 13.8. The van der Waals surface area contributed by atoms with E-state index in [1.807, 2.05) is 18.2 Å². The smallest absolute Gasteiger partial charge is 0.326 e. The van der Waals surface area contributed by atoms with Crippen molar-refractivity contribution in [2.75, 3.05) is 0 Å². The lowest BCUT2D eigenvalue weighted by atomic mass is 10.0. The van der Waals surface area contributed by atoms with Gasteiger partial charge in [-0.25, -0.2) is 17.9 Å². The van der Waals surface area contributed by atoms with Gasteiger partial charge in [0.2, 0.25) is 27.7 Å². The first kappa shape index (κ1) is 35.0. The number of amides is 3. The molecule has 6 bridgehead atoms. The van der Waals surface area contributed by atoms with Crippen molar-refractivity contribution in [2.24, 2.45) is 0 Å².